The molecule has 7 nitrogen and oxygen atoms in total. The Balaban J connectivity index is 0.000000142. The van der Waals surface area contributed by atoms with Gasteiger partial charge in [0.25, 0.3) is 0 Å². The van der Waals surface area contributed by atoms with Gasteiger partial charge in [-0.25, -0.2) is 0 Å². The Morgan fingerprint density at radius 3 is 2.62 bits per heavy atom. The second-order valence-corrected chi connectivity index (χ2v) is 10.2. The first kappa shape index (κ1) is 22.6. The van der Waals surface area contributed by atoms with Gasteiger partial charge in [0.15, 0.2) is 5.65 Å². The number of carbonyl (C=O) groups excluding carboxylic acids is 1. The van der Waals surface area contributed by atoms with Gasteiger partial charge in [0.2, 0.25) is 5.91 Å². The third-order valence-corrected chi connectivity index (χ3v) is 7.73. The van der Waals surface area contributed by atoms with Crippen LogP contribution < -0.4 is 0 Å². The Morgan fingerprint density at radius 2 is 1.88 bits per heavy atom. The van der Waals surface area contributed by atoms with Crippen molar-refractivity contribution in [3.05, 3.63) is 54.7 Å². The molecule has 6 rings (SSSR count). The monoisotopic (exact) mass is 459 g/mol. The standard InChI is InChI=1S/C15H24N2O.C12H9N3O/c1-15(2)12-10-16(11-13(12)15)7-5-6-14(18)17-8-3-4-9-17;16-11-4-2-1-3-9(11)10-7-8-5-6-13-12(8)15-14-10/h5-6,12-13H,3-4,7-11H2,1-2H3;1-7,16H,(H,13,15)/b6-5+;. The molecule has 3 aromatic rings. The number of nitrogens with one attached hydrogen (secondary N) is 1. The lowest BCUT2D eigenvalue weighted by Gasteiger charge is -2.20. The van der Waals surface area contributed by atoms with Crippen molar-refractivity contribution >= 4 is 16.9 Å². The third kappa shape index (κ3) is 4.57. The summed E-state index contributed by atoms with van der Waals surface area (Å²) in [7, 11) is 0. The lowest BCUT2D eigenvalue weighted by atomic mass is 10.1. The van der Waals surface area contributed by atoms with Crippen LogP contribution in [-0.2, 0) is 4.79 Å². The summed E-state index contributed by atoms with van der Waals surface area (Å²) in [5, 5.41) is 18.8. The molecule has 3 aliphatic rings. The van der Waals surface area contributed by atoms with Crippen molar-refractivity contribution in [3.8, 4) is 17.0 Å². The molecular formula is C27H33N5O2. The van der Waals surface area contributed by atoms with E-state index in [4.69, 9.17) is 0 Å². The fraction of sp³-hybridized carbons (Fsp3) is 0.444. The number of hydrogen-bond acceptors (Lipinski definition) is 5. The number of phenols is 1. The molecular weight excluding hydrogens is 426 g/mol. The average Bonchev–Trinajstić information content (AvgIpc) is 3.45. The smallest absolute Gasteiger partial charge is 0.246 e. The van der Waals surface area contributed by atoms with Crippen LogP contribution in [0.25, 0.3) is 22.3 Å². The lowest BCUT2D eigenvalue weighted by Crippen LogP contribution is -2.28. The largest absolute Gasteiger partial charge is 0.507 e. The van der Waals surface area contributed by atoms with Crippen LogP contribution in [-0.4, -0.2) is 68.7 Å². The van der Waals surface area contributed by atoms with E-state index in [9.17, 15) is 9.90 Å². The van der Waals surface area contributed by atoms with E-state index in [1.54, 1.807) is 18.2 Å². The molecule has 1 amide bonds. The minimum absolute atomic E-state index is 0.206. The number of likely N-dealkylation sites (tertiary alicyclic amines) is 2. The average molecular weight is 460 g/mol. The van der Waals surface area contributed by atoms with E-state index in [0.29, 0.717) is 16.7 Å². The number of amides is 1. The van der Waals surface area contributed by atoms with Crippen molar-refractivity contribution in [2.75, 3.05) is 32.7 Å². The van der Waals surface area contributed by atoms with Gasteiger partial charge in [0, 0.05) is 55.9 Å². The predicted octanol–water partition coefficient (Wildman–Crippen LogP) is 4.08. The number of carbonyl (C=O) groups is 1. The molecule has 1 aromatic carbocycles. The summed E-state index contributed by atoms with van der Waals surface area (Å²) in [5.41, 5.74) is 2.70. The summed E-state index contributed by atoms with van der Waals surface area (Å²) in [5.74, 6) is 2.23. The van der Waals surface area contributed by atoms with Gasteiger partial charge in [-0.2, -0.15) is 0 Å². The van der Waals surface area contributed by atoms with Crippen LogP contribution in [0.2, 0.25) is 0 Å². The third-order valence-electron chi connectivity index (χ3n) is 7.73. The molecule has 2 saturated heterocycles. The molecule has 2 aromatic heterocycles. The fourth-order valence-corrected chi connectivity index (χ4v) is 5.39. The normalized spacial score (nSPS) is 23.2. The zero-order valence-electron chi connectivity index (χ0n) is 19.9. The quantitative estimate of drug-likeness (QED) is 0.574. The first-order valence-corrected chi connectivity index (χ1v) is 12.2. The number of aromatic hydroxyl groups is 1. The molecule has 34 heavy (non-hydrogen) atoms. The molecule has 1 aliphatic carbocycles. The second-order valence-electron chi connectivity index (χ2n) is 10.2. The number of nitrogens with zero attached hydrogens (tertiary/aromatic N) is 4. The van der Waals surface area contributed by atoms with E-state index >= 15 is 0 Å². The highest BCUT2D eigenvalue weighted by atomic mass is 16.3. The Kier molecular flexibility index (Phi) is 6.13. The summed E-state index contributed by atoms with van der Waals surface area (Å²) in [4.78, 5) is 19.2. The molecule has 2 atom stereocenters. The Bertz CT molecular complexity index is 1180. The number of rotatable bonds is 4. The van der Waals surface area contributed by atoms with E-state index in [2.05, 4.69) is 40.0 Å². The molecule has 0 bridgehead atoms. The topological polar surface area (TPSA) is 85.4 Å². The Labute approximate surface area is 200 Å². The van der Waals surface area contributed by atoms with Gasteiger partial charge in [-0.1, -0.05) is 32.1 Å². The zero-order chi connectivity index (χ0) is 23.7. The van der Waals surface area contributed by atoms with Crippen LogP contribution in [0.5, 0.6) is 5.75 Å². The Hall–Kier alpha value is -3.19. The maximum atomic E-state index is 11.8. The summed E-state index contributed by atoms with van der Waals surface area (Å²) in [6.45, 7) is 10.1. The van der Waals surface area contributed by atoms with E-state index in [0.717, 1.165) is 42.5 Å². The van der Waals surface area contributed by atoms with Crippen LogP contribution in [0.1, 0.15) is 26.7 Å². The lowest BCUT2D eigenvalue weighted by molar-refractivity contribution is -0.125. The van der Waals surface area contributed by atoms with Crippen LogP contribution in [0.3, 0.4) is 0 Å². The van der Waals surface area contributed by atoms with E-state index in [1.165, 1.54) is 25.9 Å². The van der Waals surface area contributed by atoms with Gasteiger partial charge >= 0.3 is 0 Å². The first-order chi connectivity index (χ1) is 16.4. The number of para-hydroxylation sites is 1. The van der Waals surface area contributed by atoms with Crippen molar-refractivity contribution in [3.63, 3.8) is 0 Å². The van der Waals surface area contributed by atoms with E-state index in [1.807, 2.05) is 35.4 Å². The predicted molar refractivity (Wildman–Crippen MR) is 133 cm³/mol. The van der Waals surface area contributed by atoms with Crippen LogP contribution >= 0.6 is 0 Å². The van der Waals surface area contributed by atoms with Gasteiger partial charge in [0.1, 0.15) is 5.75 Å². The maximum absolute atomic E-state index is 11.8. The van der Waals surface area contributed by atoms with Crippen molar-refractivity contribution in [2.24, 2.45) is 17.3 Å². The van der Waals surface area contributed by atoms with Crippen LogP contribution in [0.15, 0.2) is 54.7 Å². The second kappa shape index (κ2) is 9.22. The summed E-state index contributed by atoms with van der Waals surface area (Å²) < 4.78 is 0. The molecule has 7 heteroatoms. The minimum Gasteiger partial charge on any atom is -0.507 e. The Morgan fingerprint density at radius 1 is 1.15 bits per heavy atom. The number of fused-ring (bicyclic) bond motifs is 2. The van der Waals surface area contributed by atoms with Crippen LogP contribution in [0, 0.1) is 17.3 Å². The van der Waals surface area contributed by atoms with Crippen LogP contribution in [0.4, 0.5) is 0 Å². The first-order valence-electron chi connectivity index (χ1n) is 12.2. The minimum atomic E-state index is 0.206. The van der Waals surface area contributed by atoms with E-state index in [-0.39, 0.29) is 11.7 Å². The van der Waals surface area contributed by atoms with Crippen molar-refractivity contribution in [1.29, 1.82) is 0 Å². The number of H-pyrrole nitrogens is 1. The maximum Gasteiger partial charge on any atom is 0.246 e. The number of phenolic OH excluding ortho intramolecular Hbond substituents is 1. The summed E-state index contributed by atoms with van der Waals surface area (Å²) in [6, 6.07) is 10.9. The van der Waals surface area contributed by atoms with Gasteiger partial charge in [-0.15, -0.1) is 10.2 Å². The molecule has 2 N–H and O–H groups in total. The SMILES string of the molecule is CC1(C)C2CN(C/C=C/C(=O)N3CCCC3)CC21.Oc1ccccc1-c1cc2cc[nH]c2nn1. The highest BCUT2D eigenvalue weighted by molar-refractivity contribution is 5.87. The molecule has 4 heterocycles. The fourth-order valence-electron chi connectivity index (χ4n) is 5.39. The summed E-state index contributed by atoms with van der Waals surface area (Å²) in [6.07, 6.45) is 7.99. The van der Waals surface area contributed by atoms with Gasteiger partial charge in [0.05, 0.1) is 5.69 Å². The number of aromatic nitrogens is 3. The van der Waals surface area contributed by atoms with Crippen molar-refractivity contribution in [2.45, 2.75) is 26.7 Å². The van der Waals surface area contributed by atoms with Gasteiger partial charge < -0.3 is 15.0 Å². The molecule has 1 saturated carbocycles. The number of benzene rings is 1. The van der Waals surface area contributed by atoms with Crippen molar-refractivity contribution < 1.29 is 9.90 Å². The highest BCUT2D eigenvalue weighted by Gasteiger charge is 2.61. The summed E-state index contributed by atoms with van der Waals surface area (Å²) >= 11 is 0. The molecule has 178 valence electrons. The molecule has 0 radical (unpaired) electrons. The molecule has 0 spiro atoms. The van der Waals surface area contributed by atoms with Gasteiger partial charge in [-0.3, -0.25) is 9.69 Å². The van der Waals surface area contributed by atoms with Crippen molar-refractivity contribution in [1.82, 2.24) is 25.0 Å². The number of aromatic amines is 1. The number of hydrogen-bond donors (Lipinski definition) is 2. The number of piperidine rings is 1. The molecule has 2 unspecified atom stereocenters. The molecule has 2 aliphatic heterocycles. The zero-order valence-corrected chi connectivity index (χ0v) is 19.9. The van der Waals surface area contributed by atoms with E-state index < -0.39 is 0 Å². The highest BCUT2D eigenvalue weighted by Crippen LogP contribution is 2.61. The van der Waals surface area contributed by atoms with Gasteiger partial charge in [-0.05, 0) is 54.4 Å². The molecule has 3 fully saturated rings.